The van der Waals surface area contributed by atoms with Crippen LogP contribution in [-0.4, -0.2) is 69.1 Å². The van der Waals surface area contributed by atoms with Crippen LogP contribution in [0.3, 0.4) is 0 Å². The molecule has 0 aromatic carbocycles. The lowest BCUT2D eigenvalue weighted by molar-refractivity contribution is -0.130. The normalized spacial score (nSPS) is 16.6. The van der Waals surface area contributed by atoms with E-state index in [9.17, 15) is 4.79 Å². The number of anilines is 1. The molecule has 104 valence electrons. The van der Waals surface area contributed by atoms with Gasteiger partial charge in [-0.3, -0.25) is 4.79 Å². The number of aromatic nitrogens is 3. The maximum Gasteiger partial charge on any atom is 0.233 e. The van der Waals surface area contributed by atoms with Gasteiger partial charge in [0.2, 0.25) is 11.9 Å². The number of nitrogens with zero attached hydrogens (tertiary/aromatic N) is 5. The predicted molar refractivity (Wildman–Crippen MR) is 73.7 cm³/mol. The Balaban J connectivity index is 1.79. The fourth-order valence-electron chi connectivity index (χ4n) is 1.89. The van der Waals surface area contributed by atoms with Gasteiger partial charge in [0.25, 0.3) is 0 Å². The van der Waals surface area contributed by atoms with Crippen molar-refractivity contribution >= 4 is 23.6 Å². The number of piperazine rings is 1. The van der Waals surface area contributed by atoms with Gasteiger partial charge in [-0.25, -0.2) is 9.97 Å². The summed E-state index contributed by atoms with van der Waals surface area (Å²) in [5.74, 6) is 0.650. The van der Waals surface area contributed by atoms with Crippen molar-refractivity contribution in [3.8, 4) is 0 Å². The number of nitrogen functional groups attached to an aromatic ring is 1. The van der Waals surface area contributed by atoms with E-state index in [4.69, 9.17) is 5.73 Å². The highest BCUT2D eigenvalue weighted by Crippen LogP contribution is 2.13. The van der Waals surface area contributed by atoms with Crippen molar-refractivity contribution in [1.29, 1.82) is 0 Å². The first kappa shape index (κ1) is 14.0. The summed E-state index contributed by atoms with van der Waals surface area (Å²) in [6.07, 6.45) is 1.36. The molecule has 1 aliphatic heterocycles. The average Bonchev–Trinajstić information content (AvgIpc) is 2.45. The molecule has 0 bridgehead atoms. The Morgan fingerprint density at radius 3 is 2.74 bits per heavy atom. The highest BCUT2D eigenvalue weighted by molar-refractivity contribution is 7.99. The van der Waals surface area contributed by atoms with Crippen molar-refractivity contribution in [1.82, 2.24) is 24.8 Å². The number of rotatable bonds is 4. The summed E-state index contributed by atoms with van der Waals surface area (Å²) in [6, 6.07) is 0. The van der Waals surface area contributed by atoms with Crippen LogP contribution in [-0.2, 0) is 4.79 Å². The first-order valence-electron chi connectivity index (χ1n) is 6.26. The Kier molecular flexibility index (Phi) is 4.92. The Bertz CT molecular complexity index is 435. The van der Waals surface area contributed by atoms with Gasteiger partial charge in [-0.05, 0) is 6.54 Å². The van der Waals surface area contributed by atoms with Crippen LogP contribution in [0.2, 0.25) is 0 Å². The maximum absolute atomic E-state index is 12.0. The van der Waals surface area contributed by atoms with E-state index in [0.29, 0.717) is 10.9 Å². The van der Waals surface area contributed by atoms with Gasteiger partial charge in [0.15, 0.2) is 5.16 Å². The van der Waals surface area contributed by atoms with E-state index in [2.05, 4.69) is 26.8 Å². The number of nitrogens with two attached hydrogens (primary N) is 1. The van der Waals surface area contributed by atoms with E-state index in [1.807, 2.05) is 4.90 Å². The first-order chi connectivity index (χ1) is 9.19. The second-order valence-electron chi connectivity index (χ2n) is 4.23. The van der Waals surface area contributed by atoms with Crippen molar-refractivity contribution in [3.05, 3.63) is 6.33 Å². The monoisotopic (exact) mass is 282 g/mol. The van der Waals surface area contributed by atoms with Gasteiger partial charge in [-0.1, -0.05) is 18.7 Å². The Hall–Kier alpha value is -1.41. The zero-order valence-corrected chi connectivity index (χ0v) is 11.8. The first-order valence-corrected chi connectivity index (χ1v) is 7.25. The molecule has 0 saturated carbocycles. The summed E-state index contributed by atoms with van der Waals surface area (Å²) in [5, 5.41) is 0.494. The Morgan fingerprint density at radius 1 is 1.37 bits per heavy atom. The third-order valence-electron chi connectivity index (χ3n) is 3.07. The number of carbonyl (C=O) groups is 1. The molecule has 2 rings (SSSR count). The fraction of sp³-hybridized carbons (Fsp3) is 0.636. The molecule has 8 heteroatoms. The van der Waals surface area contributed by atoms with Crippen LogP contribution >= 0.6 is 11.8 Å². The molecule has 1 saturated heterocycles. The second-order valence-corrected chi connectivity index (χ2v) is 5.17. The van der Waals surface area contributed by atoms with E-state index in [0.717, 1.165) is 32.7 Å². The predicted octanol–water partition coefficient (Wildman–Crippen LogP) is -0.290. The zero-order chi connectivity index (χ0) is 13.7. The minimum atomic E-state index is 0.125. The third kappa shape index (κ3) is 4.03. The number of carbonyl (C=O) groups excluding carboxylic acids is 1. The molecule has 2 heterocycles. The molecule has 7 nitrogen and oxygen atoms in total. The molecule has 0 unspecified atom stereocenters. The molecular weight excluding hydrogens is 264 g/mol. The number of thioether (sulfide) groups is 1. The quantitative estimate of drug-likeness (QED) is 0.759. The molecule has 1 fully saturated rings. The molecule has 0 atom stereocenters. The molecule has 1 aromatic rings. The van der Waals surface area contributed by atoms with Gasteiger partial charge in [-0.2, -0.15) is 4.98 Å². The smallest absolute Gasteiger partial charge is 0.233 e. The summed E-state index contributed by atoms with van der Waals surface area (Å²) >= 11 is 1.30. The van der Waals surface area contributed by atoms with Gasteiger partial charge < -0.3 is 15.5 Å². The molecule has 19 heavy (non-hydrogen) atoms. The minimum Gasteiger partial charge on any atom is -0.368 e. The largest absolute Gasteiger partial charge is 0.368 e. The maximum atomic E-state index is 12.0. The summed E-state index contributed by atoms with van der Waals surface area (Å²) in [5.41, 5.74) is 5.46. The zero-order valence-electron chi connectivity index (χ0n) is 10.9. The van der Waals surface area contributed by atoms with Crippen LogP contribution in [0.5, 0.6) is 0 Å². The van der Waals surface area contributed by atoms with Crippen LogP contribution < -0.4 is 5.73 Å². The molecule has 1 aliphatic rings. The topological polar surface area (TPSA) is 88.2 Å². The van der Waals surface area contributed by atoms with Crippen LogP contribution in [0.4, 0.5) is 5.95 Å². The van der Waals surface area contributed by atoms with Gasteiger partial charge >= 0.3 is 0 Å². The van der Waals surface area contributed by atoms with Crippen molar-refractivity contribution in [2.75, 3.05) is 44.2 Å². The number of hydrogen-bond acceptors (Lipinski definition) is 7. The fourth-order valence-corrected chi connectivity index (χ4v) is 2.61. The summed E-state index contributed by atoms with van der Waals surface area (Å²) in [4.78, 5) is 27.9. The lowest BCUT2D eigenvalue weighted by atomic mass is 10.3. The molecule has 1 amide bonds. The Morgan fingerprint density at radius 2 is 2.11 bits per heavy atom. The highest BCUT2D eigenvalue weighted by atomic mass is 32.2. The minimum absolute atomic E-state index is 0.125. The molecule has 2 N–H and O–H groups in total. The van der Waals surface area contributed by atoms with Crippen LogP contribution in [0, 0.1) is 0 Å². The molecule has 0 spiro atoms. The van der Waals surface area contributed by atoms with E-state index in [-0.39, 0.29) is 11.9 Å². The molecule has 1 aromatic heterocycles. The summed E-state index contributed by atoms with van der Waals surface area (Å²) in [6.45, 7) is 6.68. The van der Waals surface area contributed by atoms with Gasteiger partial charge in [0.1, 0.15) is 6.33 Å². The van der Waals surface area contributed by atoms with Gasteiger partial charge in [0.05, 0.1) is 5.75 Å². The van der Waals surface area contributed by atoms with Crippen LogP contribution in [0.1, 0.15) is 6.92 Å². The number of likely N-dealkylation sites (N-methyl/N-ethyl adjacent to an activating group) is 1. The lowest BCUT2D eigenvalue weighted by Gasteiger charge is -2.33. The van der Waals surface area contributed by atoms with Crippen LogP contribution in [0.15, 0.2) is 11.5 Å². The summed E-state index contributed by atoms with van der Waals surface area (Å²) in [7, 11) is 0. The highest BCUT2D eigenvalue weighted by Gasteiger charge is 2.20. The molecular formula is C11H18N6OS. The molecule has 0 radical (unpaired) electrons. The average molecular weight is 282 g/mol. The van der Waals surface area contributed by atoms with E-state index in [1.54, 1.807) is 0 Å². The van der Waals surface area contributed by atoms with Gasteiger partial charge in [-0.15, -0.1) is 0 Å². The number of amides is 1. The third-order valence-corrected chi connectivity index (χ3v) is 3.91. The van der Waals surface area contributed by atoms with Gasteiger partial charge in [0, 0.05) is 26.2 Å². The summed E-state index contributed by atoms with van der Waals surface area (Å²) < 4.78 is 0. The SMILES string of the molecule is CCN1CCN(C(=O)CSc2ncnc(N)n2)CC1. The number of hydrogen-bond donors (Lipinski definition) is 1. The van der Waals surface area contributed by atoms with E-state index < -0.39 is 0 Å². The van der Waals surface area contributed by atoms with Crippen molar-refractivity contribution in [2.24, 2.45) is 0 Å². The second kappa shape index (κ2) is 6.67. The molecule has 0 aliphatic carbocycles. The van der Waals surface area contributed by atoms with Crippen molar-refractivity contribution in [2.45, 2.75) is 12.1 Å². The standard InChI is InChI=1S/C11H18N6OS/c1-2-16-3-5-17(6-4-16)9(18)7-19-11-14-8-13-10(12)15-11/h8H,2-7H2,1H3,(H2,12,13,14,15). The van der Waals surface area contributed by atoms with Crippen molar-refractivity contribution < 1.29 is 4.79 Å². The van der Waals surface area contributed by atoms with E-state index >= 15 is 0 Å². The van der Waals surface area contributed by atoms with E-state index in [1.165, 1.54) is 18.1 Å². The van der Waals surface area contributed by atoms with Crippen LogP contribution in [0.25, 0.3) is 0 Å². The lowest BCUT2D eigenvalue weighted by Crippen LogP contribution is -2.49. The van der Waals surface area contributed by atoms with Crippen molar-refractivity contribution in [3.63, 3.8) is 0 Å². The Labute approximate surface area is 116 Å².